The van der Waals surface area contributed by atoms with Gasteiger partial charge in [-0.2, -0.15) is 0 Å². The van der Waals surface area contributed by atoms with Gasteiger partial charge in [-0.3, -0.25) is 4.90 Å². The number of carbonyl (C=O) groups is 1. The summed E-state index contributed by atoms with van der Waals surface area (Å²) in [5, 5.41) is 3.10. The molecule has 1 N–H and O–H groups in total. The monoisotopic (exact) mass is 335 g/mol. The van der Waals surface area contributed by atoms with E-state index in [-0.39, 0.29) is 11.4 Å². The molecule has 0 saturated carbocycles. The number of nitrogens with zero attached hydrogens (tertiary/aromatic N) is 2. The van der Waals surface area contributed by atoms with E-state index in [2.05, 4.69) is 49.3 Å². The summed E-state index contributed by atoms with van der Waals surface area (Å²) in [5.74, 6) is 0. The Balaban J connectivity index is 1.56. The number of para-hydroxylation sites is 1. The maximum Gasteiger partial charge on any atom is 0.326 e. The highest BCUT2D eigenvalue weighted by molar-refractivity contribution is 6.03. The SMILES string of the molecule is CN1CCc2ccc(NC(=O)N3CC(C)(C)c4ccccc43)cc2C1. The van der Waals surface area contributed by atoms with Crippen molar-refractivity contribution in [2.45, 2.75) is 32.2 Å². The highest BCUT2D eigenvalue weighted by atomic mass is 16.2. The highest BCUT2D eigenvalue weighted by Gasteiger charge is 2.37. The summed E-state index contributed by atoms with van der Waals surface area (Å²) in [6.07, 6.45) is 1.08. The van der Waals surface area contributed by atoms with Gasteiger partial charge in [-0.25, -0.2) is 4.79 Å². The van der Waals surface area contributed by atoms with Gasteiger partial charge >= 0.3 is 6.03 Å². The van der Waals surface area contributed by atoms with Crippen LogP contribution in [-0.4, -0.2) is 31.1 Å². The molecule has 25 heavy (non-hydrogen) atoms. The summed E-state index contributed by atoms with van der Waals surface area (Å²) in [4.78, 5) is 17.1. The minimum atomic E-state index is -0.0536. The van der Waals surface area contributed by atoms with E-state index in [0.717, 1.165) is 30.9 Å². The van der Waals surface area contributed by atoms with Crippen LogP contribution in [0.4, 0.5) is 16.2 Å². The van der Waals surface area contributed by atoms with E-state index < -0.39 is 0 Å². The molecule has 4 heteroatoms. The van der Waals surface area contributed by atoms with Crippen molar-refractivity contribution >= 4 is 17.4 Å². The first-order chi connectivity index (χ1) is 11.9. The Hall–Kier alpha value is -2.33. The van der Waals surface area contributed by atoms with Crippen LogP contribution in [0.1, 0.15) is 30.5 Å². The number of nitrogens with one attached hydrogen (secondary N) is 1. The Kier molecular flexibility index (Phi) is 3.80. The minimum Gasteiger partial charge on any atom is -0.308 e. The number of hydrogen-bond donors (Lipinski definition) is 1. The molecule has 0 spiro atoms. The number of anilines is 2. The summed E-state index contributed by atoms with van der Waals surface area (Å²) in [6, 6.07) is 14.4. The van der Waals surface area contributed by atoms with Gasteiger partial charge in [0.25, 0.3) is 0 Å². The van der Waals surface area contributed by atoms with Gasteiger partial charge in [0, 0.05) is 36.4 Å². The van der Waals surface area contributed by atoms with E-state index in [4.69, 9.17) is 0 Å². The average Bonchev–Trinajstić information content (AvgIpc) is 2.86. The molecule has 0 bridgehead atoms. The Morgan fingerprint density at radius 1 is 1.12 bits per heavy atom. The predicted octanol–water partition coefficient (Wildman–Crippen LogP) is 4.00. The maximum atomic E-state index is 12.9. The molecule has 130 valence electrons. The number of likely N-dealkylation sites (N-methyl/N-ethyl adjacent to an activating group) is 1. The molecular weight excluding hydrogens is 310 g/mol. The van der Waals surface area contributed by atoms with Crippen molar-refractivity contribution in [3.8, 4) is 0 Å². The molecule has 0 unspecified atom stereocenters. The van der Waals surface area contributed by atoms with Gasteiger partial charge in [0.2, 0.25) is 0 Å². The molecule has 0 radical (unpaired) electrons. The van der Waals surface area contributed by atoms with E-state index in [1.54, 1.807) is 0 Å². The standard InChI is InChI=1S/C21H25N3O/c1-21(2)14-24(19-7-5-4-6-18(19)21)20(25)22-17-9-8-15-10-11-23(3)13-16(15)12-17/h4-9,12H,10-11,13-14H2,1-3H3,(H,22,25). The van der Waals surface area contributed by atoms with Crippen LogP contribution < -0.4 is 10.2 Å². The van der Waals surface area contributed by atoms with Gasteiger partial charge in [0.1, 0.15) is 0 Å². The van der Waals surface area contributed by atoms with Crippen LogP contribution in [0, 0.1) is 0 Å². The first-order valence-electron chi connectivity index (χ1n) is 8.92. The fraction of sp³-hybridized carbons (Fsp3) is 0.381. The second-order valence-electron chi connectivity index (χ2n) is 7.89. The lowest BCUT2D eigenvalue weighted by Gasteiger charge is -2.26. The largest absolute Gasteiger partial charge is 0.326 e. The molecule has 0 aromatic heterocycles. The summed E-state index contributed by atoms with van der Waals surface area (Å²) < 4.78 is 0. The summed E-state index contributed by atoms with van der Waals surface area (Å²) >= 11 is 0. The maximum absolute atomic E-state index is 12.9. The van der Waals surface area contributed by atoms with Crippen molar-refractivity contribution in [2.75, 3.05) is 30.4 Å². The third kappa shape index (κ3) is 2.91. The molecule has 0 saturated heterocycles. The van der Waals surface area contributed by atoms with Crippen LogP contribution in [0.3, 0.4) is 0 Å². The molecule has 2 aliphatic heterocycles. The zero-order chi connectivity index (χ0) is 17.6. The zero-order valence-electron chi connectivity index (χ0n) is 15.2. The lowest BCUT2D eigenvalue weighted by molar-refractivity contribution is 0.256. The predicted molar refractivity (Wildman–Crippen MR) is 102 cm³/mol. The fourth-order valence-electron chi connectivity index (χ4n) is 4.00. The van der Waals surface area contributed by atoms with Gasteiger partial charge in [-0.05, 0) is 48.4 Å². The molecule has 4 nitrogen and oxygen atoms in total. The normalized spacial score (nSPS) is 18.6. The molecule has 2 aromatic rings. The number of amides is 2. The molecule has 2 aliphatic rings. The molecule has 2 heterocycles. The average molecular weight is 335 g/mol. The summed E-state index contributed by atoms with van der Waals surface area (Å²) in [6.45, 7) is 7.12. The number of hydrogen-bond acceptors (Lipinski definition) is 2. The highest BCUT2D eigenvalue weighted by Crippen LogP contribution is 2.40. The zero-order valence-corrected chi connectivity index (χ0v) is 15.2. The second kappa shape index (κ2) is 5.88. The lowest BCUT2D eigenvalue weighted by atomic mass is 9.87. The van der Waals surface area contributed by atoms with Crippen molar-refractivity contribution in [3.63, 3.8) is 0 Å². The third-order valence-electron chi connectivity index (χ3n) is 5.38. The number of rotatable bonds is 1. The Bertz CT molecular complexity index is 828. The van der Waals surface area contributed by atoms with E-state index in [1.807, 2.05) is 29.2 Å². The Labute approximate surface area is 149 Å². The van der Waals surface area contributed by atoms with Crippen LogP contribution in [0.25, 0.3) is 0 Å². The van der Waals surface area contributed by atoms with Crippen molar-refractivity contribution in [2.24, 2.45) is 0 Å². The van der Waals surface area contributed by atoms with Gasteiger partial charge in [-0.1, -0.05) is 38.1 Å². The fourth-order valence-corrected chi connectivity index (χ4v) is 4.00. The molecule has 2 aromatic carbocycles. The van der Waals surface area contributed by atoms with E-state index in [1.165, 1.54) is 16.7 Å². The smallest absolute Gasteiger partial charge is 0.308 e. The quantitative estimate of drug-likeness (QED) is 0.855. The van der Waals surface area contributed by atoms with E-state index in [9.17, 15) is 4.79 Å². The molecule has 0 fully saturated rings. The number of benzene rings is 2. The third-order valence-corrected chi connectivity index (χ3v) is 5.38. The Morgan fingerprint density at radius 2 is 1.92 bits per heavy atom. The first kappa shape index (κ1) is 16.2. The molecule has 2 amide bonds. The lowest BCUT2D eigenvalue weighted by Crippen LogP contribution is -2.37. The van der Waals surface area contributed by atoms with Gasteiger partial charge < -0.3 is 10.2 Å². The summed E-state index contributed by atoms with van der Waals surface area (Å²) in [7, 11) is 2.14. The van der Waals surface area contributed by atoms with E-state index >= 15 is 0 Å². The molecule has 0 atom stereocenters. The summed E-state index contributed by atoms with van der Waals surface area (Å²) in [5.41, 5.74) is 5.81. The van der Waals surface area contributed by atoms with Crippen LogP contribution in [0.5, 0.6) is 0 Å². The van der Waals surface area contributed by atoms with Crippen LogP contribution in [-0.2, 0) is 18.4 Å². The van der Waals surface area contributed by atoms with Crippen LogP contribution >= 0.6 is 0 Å². The van der Waals surface area contributed by atoms with Crippen molar-refractivity contribution < 1.29 is 4.79 Å². The number of fused-ring (bicyclic) bond motifs is 2. The first-order valence-corrected chi connectivity index (χ1v) is 8.92. The topological polar surface area (TPSA) is 35.6 Å². The van der Waals surface area contributed by atoms with Crippen molar-refractivity contribution in [1.82, 2.24) is 4.90 Å². The second-order valence-corrected chi connectivity index (χ2v) is 7.89. The minimum absolute atomic E-state index is 0.0213. The molecule has 4 rings (SSSR count). The molecular formula is C21H25N3O. The number of urea groups is 1. The van der Waals surface area contributed by atoms with E-state index in [0.29, 0.717) is 6.54 Å². The number of carbonyl (C=O) groups excluding carboxylic acids is 1. The van der Waals surface area contributed by atoms with Crippen molar-refractivity contribution in [3.05, 3.63) is 59.2 Å². The van der Waals surface area contributed by atoms with Crippen LogP contribution in [0.2, 0.25) is 0 Å². The van der Waals surface area contributed by atoms with Crippen LogP contribution in [0.15, 0.2) is 42.5 Å². The van der Waals surface area contributed by atoms with Gasteiger partial charge in [-0.15, -0.1) is 0 Å². The Morgan fingerprint density at radius 3 is 2.76 bits per heavy atom. The van der Waals surface area contributed by atoms with Crippen molar-refractivity contribution in [1.29, 1.82) is 0 Å². The molecule has 0 aliphatic carbocycles. The van der Waals surface area contributed by atoms with Gasteiger partial charge in [0.15, 0.2) is 0 Å². The van der Waals surface area contributed by atoms with Gasteiger partial charge in [0.05, 0.1) is 0 Å².